The Morgan fingerprint density at radius 2 is 2.38 bits per heavy atom. The van der Waals surface area contributed by atoms with Crippen molar-refractivity contribution in [3.05, 3.63) is 35.9 Å². The normalized spacial score (nSPS) is 10.9. The van der Waals surface area contributed by atoms with Gasteiger partial charge in [0.1, 0.15) is 0 Å². The summed E-state index contributed by atoms with van der Waals surface area (Å²) in [5, 5.41) is 0. The molecule has 0 aromatic carbocycles. The molecular formula is C10H13N3. The van der Waals surface area contributed by atoms with Gasteiger partial charge in [0.05, 0.1) is 17.5 Å². The van der Waals surface area contributed by atoms with Crippen molar-refractivity contribution >= 4 is 5.52 Å². The Hall–Kier alpha value is -1.35. The summed E-state index contributed by atoms with van der Waals surface area (Å²) in [6, 6.07) is 4.21. The lowest BCUT2D eigenvalue weighted by Gasteiger charge is -1.97. The number of pyridine rings is 1. The molecular weight excluding hydrogens is 162 g/mol. The molecule has 2 heterocycles. The standard InChI is InChI=1S/C10H13N3/c1-8-3-5-13-7-12-9(2-4-11)10(13)6-8/h3,5-7H,2,4,11H2,1H3. The zero-order valence-electron chi connectivity index (χ0n) is 7.70. The van der Waals surface area contributed by atoms with E-state index >= 15 is 0 Å². The quantitative estimate of drug-likeness (QED) is 0.744. The Bertz CT molecular complexity index is 417. The molecule has 0 aliphatic carbocycles. The highest BCUT2D eigenvalue weighted by atomic mass is 15.0. The molecule has 2 N–H and O–H groups in total. The molecule has 68 valence electrons. The SMILES string of the molecule is Cc1ccn2cnc(CCN)c2c1. The van der Waals surface area contributed by atoms with E-state index < -0.39 is 0 Å². The minimum atomic E-state index is 0.653. The second-order valence-corrected chi connectivity index (χ2v) is 3.23. The van der Waals surface area contributed by atoms with Gasteiger partial charge in [-0.05, 0) is 31.2 Å². The zero-order chi connectivity index (χ0) is 9.26. The fraction of sp³-hybridized carbons (Fsp3) is 0.300. The molecule has 0 saturated carbocycles. The van der Waals surface area contributed by atoms with E-state index in [0.717, 1.165) is 12.1 Å². The predicted molar refractivity (Wildman–Crippen MR) is 52.7 cm³/mol. The molecule has 0 atom stereocenters. The smallest absolute Gasteiger partial charge is 0.0995 e. The van der Waals surface area contributed by atoms with E-state index in [-0.39, 0.29) is 0 Å². The van der Waals surface area contributed by atoms with E-state index in [4.69, 9.17) is 5.73 Å². The third-order valence-corrected chi connectivity index (χ3v) is 2.16. The van der Waals surface area contributed by atoms with Gasteiger partial charge in [-0.2, -0.15) is 0 Å². The summed E-state index contributed by atoms with van der Waals surface area (Å²) < 4.78 is 2.03. The topological polar surface area (TPSA) is 43.3 Å². The second-order valence-electron chi connectivity index (χ2n) is 3.23. The first-order valence-corrected chi connectivity index (χ1v) is 4.43. The number of nitrogens with zero attached hydrogens (tertiary/aromatic N) is 2. The Kier molecular flexibility index (Phi) is 2.02. The maximum atomic E-state index is 5.50. The van der Waals surface area contributed by atoms with Crippen molar-refractivity contribution in [2.24, 2.45) is 5.73 Å². The molecule has 2 aromatic rings. The van der Waals surface area contributed by atoms with Crippen LogP contribution in [-0.2, 0) is 6.42 Å². The number of fused-ring (bicyclic) bond motifs is 1. The number of hydrogen-bond acceptors (Lipinski definition) is 2. The molecule has 2 aromatic heterocycles. The van der Waals surface area contributed by atoms with E-state index in [1.165, 1.54) is 11.1 Å². The van der Waals surface area contributed by atoms with E-state index in [0.29, 0.717) is 6.54 Å². The summed E-state index contributed by atoms with van der Waals surface area (Å²) in [4.78, 5) is 4.31. The van der Waals surface area contributed by atoms with Crippen molar-refractivity contribution in [1.29, 1.82) is 0 Å². The van der Waals surface area contributed by atoms with Crippen molar-refractivity contribution < 1.29 is 0 Å². The van der Waals surface area contributed by atoms with Crippen molar-refractivity contribution in [3.63, 3.8) is 0 Å². The lowest BCUT2D eigenvalue weighted by molar-refractivity contribution is 0.942. The van der Waals surface area contributed by atoms with Crippen molar-refractivity contribution in [1.82, 2.24) is 9.38 Å². The fourth-order valence-corrected chi connectivity index (χ4v) is 1.48. The molecule has 0 amide bonds. The Morgan fingerprint density at radius 1 is 1.54 bits per heavy atom. The van der Waals surface area contributed by atoms with Gasteiger partial charge in [-0.25, -0.2) is 4.98 Å². The van der Waals surface area contributed by atoms with Gasteiger partial charge in [0.2, 0.25) is 0 Å². The van der Waals surface area contributed by atoms with Crippen LogP contribution in [0.15, 0.2) is 24.7 Å². The summed E-state index contributed by atoms with van der Waals surface area (Å²) >= 11 is 0. The lowest BCUT2D eigenvalue weighted by atomic mass is 10.2. The van der Waals surface area contributed by atoms with Gasteiger partial charge in [0.25, 0.3) is 0 Å². The molecule has 0 unspecified atom stereocenters. The molecule has 0 aliphatic rings. The van der Waals surface area contributed by atoms with Gasteiger partial charge >= 0.3 is 0 Å². The maximum Gasteiger partial charge on any atom is 0.0995 e. The van der Waals surface area contributed by atoms with E-state index in [9.17, 15) is 0 Å². The number of rotatable bonds is 2. The van der Waals surface area contributed by atoms with Crippen molar-refractivity contribution in [2.75, 3.05) is 6.54 Å². The van der Waals surface area contributed by atoms with E-state index in [1.807, 2.05) is 16.9 Å². The van der Waals surface area contributed by atoms with Crippen LogP contribution >= 0.6 is 0 Å². The molecule has 0 spiro atoms. The summed E-state index contributed by atoms with van der Waals surface area (Å²) in [7, 11) is 0. The van der Waals surface area contributed by atoms with Crippen molar-refractivity contribution in [3.8, 4) is 0 Å². The highest BCUT2D eigenvalue weighted by Gasteiger charge is 2.02. The minimum Gasteiger partial charge on any atom is -0.330 e. The molecule has 13 heavy (non-hydrogen) atoms. The van der Waals surface area contributed by atoms with E-state index in [2.05, 4.69) is 24.0 Å². The van der Waals surface area contributed by atoms with Gasteiger partial charge in [0.15, 0.2) is 0 Å². The maximum absolute atomic E-state index is 5.50. The molecule has 3 heteroatoms. The third-order valence-electron chi connectivity index (χ3n) is 2.16. The average molecular weight is 175 g/mol. The average Bonchev–Trinajstić information content (AvgIpc) is 2.49. The number of aromatic nitrogens is 2. The van der Waals surface area contributed by atoms with Crippen LogP contribution in [0.5, 0.6) is 0 Å². The van der Waals surface area contributed by atoms with Crippen LogP contribution in [0, 0.1) is 6.92 Å². The summed E-state index contributed by atoms with van der Waals surface area (Å²) in [5.41, 5.74) is 9.02. The third kappa shape index (κ3) is 1.42. The monoisotopic (exact) mass is 175 g/mol. The largest absolute Gasteiger partial charge is 0.330 e. The highest BCUT2D eigenvalue weighted by molar-refractivity contribution is 5.53. The van der Waals surface area contributed by atoms with E-state index in [1.54, 1.807) is 0 Å². The number of aryl methyl sites for hydroxylation is 1. The van der Waals surface area contributed by atoms with Gasteiger partial charge in [-0.3, -0.25) is 0 Å². The zero-order valence-corrected chi connectivity index (χ0v) is 7.70. The molecule has 0 bridgehead atoms. The van der Waals surface area contributed by atoms with Crippen LogP contribution in [0.3, 0.4) is 0 Å². The summed E-state index contributed by atoms with van der Waals surface area (Å²) in [6.07, 6.45) is 4.71. The Morgan fingerprint density at radius 3 is 3.15 bits per heavy atom. The van der Waals surface area contributed by atoms with Gasteiger partial charge in [-0.1, -0.05) is 0 Å². The molecule has 0 radical (unpaired) electrons. The number of nitrogens with two attached hydrogens (primary N) is 1. The first-order valence-electron chi connectivity index (χ1n) is 4.43. The van der Waals surface area contributed by atoms with Gasteiger partial charge < -0.3 is 10.1 Å². The number of hydrogen-bond donors (Lipinski definition) is 1. The molecule has 0 saturated heterocycles. The summed E-state index contributed by atoms with van der Waals surface area (Å²) in [6.45, 7) is 2.74. The Balaban J connectivity index is 2.58. The van der Waals surface area contributed by atoms with Gasteiger partial charge in [-0.15, -0.1) is 0 Å². The second kappa shape index (κ2) is 3.18. The molecule has 3 nitrogen and oxygen atoms in total. The molecule has 0 aliphatic heterocycles. The Labute approximate surface area is 77.2 Å². The number of imidazole rings is 1. The van der Waals surface area contributed by atoms with Crippen molar-refractivity contribution in [2.45, 2.75) is 13.3 Å². The lowest BCUT2D eigenvalue weighted by Crippen LogP contribution is -2.03. The van der Waals surface area contributed by atoms with Crippen LogP contribution in [0.25, 0.3) is 5.52 Å². The van der Waals surface area contributed by atoms with Crippen LogP contribution in [0.4, 0.5) is 0 Å². The first-order chi connectivity index (χ1) is 6.31. The molecule has 0 fully saturated rings. The minimum absolute atomic E-state index is 0.653. The van der Waals surface area contributed by atoms with Gasteiger partial charge in [0, 0.05) is 12.6 Å². The molecule has 2 rings (SSSR count). The summed E-state index contributed by atoms with van der Waals surface area (Å²) in [5.74, 6) is 0. The first kappa shape index (κ1) is 8.26. The van der Waals surface area contributed by atoms with Crippen LogP contribution in [-0.4, -0.2) is 15.9 Å². The fourth-order valence-electron chi connectivity index (χ4n) is 1.48. The highest BCUT2D eigenvalue weighted by Crippen LogP contribution is 2.11. The predicted octanol–water partition coefficient (Wildman–Crippen LogP) is 1.14. The van der Waals surface area contributed by atoms with Crippen LogP contribution in [0.2, 0.25) is 0 Å². The van der Waals surface area contributed by atoms with Crippen LogP contribution in [0.1, 0.15) is 11.3 Å². The van der Waals surface area contributed by atoms with Crippen LogP contribution < -0.4 is 5.73 Å².